The highest BCUT2D eigenvalue weighted by molar-refractivity contribution is 7.91. The number of aromatic nitrogens is 2. The molecule has 22 heavy (non-hydrogen) atoms. The van der Waals surface area contributed by atoms with E-state index in [1.165, 1.54) is 0 Å². The van der Waals surface area contributed by atoms with E-state index >= 15 is 0 Å². The third-order valence-electron chi connectivity index (χ3n) is 3.28. The average molecular weight is 320 g/mol. The third-order valence-corrected chi connectivity index (χ3v) is 5.22. The zero-order valence-corrected chi connectivity index (χ0v) is 13.6. The summed E-state index contributed by atoms with van der Waals surface area (Å²) in [6, 6.07) is 9.57. The Morgan fingerprint density at radius 2 is 2.00 bits per heavy atom. The minimum absolute atomic E-state index is 0.0610. The van der Waals surface area contributed by atoms with Gasteiger partial charge in [-0.15, -0.1) is 0 Å². The van der Waals surface area contributed by atoms with Crippen molar-refractivity contribution in [3.05, 3.63) is 53.7 Å². The summed E-state index contributed by atoms with van der Waals surface area (Å²) in [5.41, 5.74) is 0.966. The van der Waals surface area contributed by atoms with Crippen molar-refractivity contribution in [2.75, 3.05) is 5.75 Å². The van der Waals surface area contributed by atoms with Crippen molar-refractivity contribution in [1.29, 1.82) is 0 Å². The van der Waals surface area contributed by atoms with Crippen LogP contribution in [0.25, 0.3) is 6.08 Å². The second-order valence-electron chi connectivity index (χ2n) is 5.08. The standard InChI is InChI=1S/C16H20N2O3S/c1-3-8-15-17-16(21-18-15)13(2)22(19,20)12-7-11-14-9-5-4-6-10-14/h4-7,9-11,13H,3,8,12H2,1-2H3/b11-7+/t13-/m0/s1. The van der Waals surface area contributed by atoms with Crippen LogP contribution in [-0.4, -0.2) is 24.3 Å². The first-order valence-corrected chi connectivity index (χ1v) is 9.00. The molecule has 2 aromatic rings. The first-order valence-electron chi connectivity index (χ1n) is 7.28. The Bertz CT molecular complexity index is 721. The molecule has 6 heteroatoms. The lowest BCUT2D eigenvalue weighted by Crippen LogP contribution is -2.13. The van der Waals surface area contributed by atoms with Crippen LogP contribution in [0, 0.1) is 0 Å². The molecule has 0 spiro atoms. The molecule has 0 N–H and O–H groups in total. The van der Waals surface area contributed by atoms with Crippen LogP contribution in [0.5, 0.6) is 0 Å². The Morgan fingerprint density at radius 1 is 1.27 bits per heavy atom. The van der Waals surface area contributed by atoms with E-state index < -0.39 is 15.1 Å². The number of hydrogen-bond donors (Lipinski definition) is 0. The van der Waals surface area contributed by atoms with Crippen LogP contribution in [0.4, 0.5) is 0 Å². The van der Waals surface area contributed by atoms with Crippen LogP contribution >= 0.6 is 0 Å². The van der Waals surface area contributed by atoms with E-state index in [0.717, 1.165) is 12.0 Å². The highest BCUT2D eigenvalue weighted by Crippen LogP contribution is 2.21. The Kier molecular flexibility index (Phi) is 5.49. The Labute approximate surface area is 131 Å². The molecule has 1 aromatic heterocycles. The second kappa shape index (κ2) is 7.35. The number of rotatable bonds is 7. The molecule has 0 radical (unpaired) electrons. The molecular formula is C16H20N2O3S. The molecule has 0 aliphatic rings. The maximum atomic E-state index is 12.3. The van der Waals surface area contributed by atoms with Crippen molar-refractivity contribution in [3.8, 4) is 0 Å². The summed E-state index contributed by atoms with van der Waals surface area (Å²) in [6.07, 6.45) is 5.01. The van der Waals surface area contributed by atoms with Gasteiger partial charge in [0.05, 0.1) is 5.75 Å². The molecule has 0 saturated carbocycles. The molecule has 118 valence electrons. The number of nitrogens with zero attached hydrogens (tertiary/aromatic N) is 2. The van der Waals surface area contributed by atoms with Crippen molar-refractivity contribution >= 4 is 15.9 Å². The van der Waals surface area contributed by atoms with E-state index in [1.807, 2.05) is 37.3 Å². The summed E-state index contributed by atoms with van der Waals surface area (Å²) in [5, 5.41) is 3.00. The number of sulfone groups is 1. The molecule has 1 heterocycles. The van der Waals surface area contributed by atoms with Gasteiger partial charge in [-0.25, -0.2) is 8.42 Å². The lowest BCUT2D eigenvalue weighted by atomic mass is 10.2. The van der Waals surface area contributed by atoms with Gasteiger partial charge in [0.25, 0.3) is 0 Å². The fraction of sp³-hybridized carbons (Fsp3) is 0.375. The number of benzene rings is 1. The van der Waals surface area contributed by atoms with Crippen LogP contribution in [-0.2, 0) is 16.3 Å². The highest BCUT2D eigenvalue weighted by atomic mass is 32.2. The monoisotopic (exact) mass is 320 g/mol. The molecule has 0 unspecified atom stereocenters. The lowest BCUT2D eigenvalue weighted by Gasteiger charge is -2.06. The summed E-state index contributed by atoms with van der Waals surface area (Å²) >= 11 is 0. The van der Waals surface area contributed by atoms with Gasteiger partial charge in [0, 0.05) is 6.42 Å². The summed E-state index contributed by atoms with van der Waals surface area (Å²) in [4.78, 5) is 4.15. The van der Waals surface area contributed by atoms with Crippen molar-refractivity contribution in [3.63, 3.8) is 0 Å². The van der Waals surface area contributed by atoms with E-state index in [-0.39, 0.29) is 11.6 Å². The summed E-state index contributed by atoms with van der Waals surface area (Å²) in [5.74, 6) is 0.658. The Balaban J connectivity index is 2.04. The van der Waals surface area contributed by atoms with E-state index in [9.17, 15) is 8.42 Å². The lowest BCUT2D eigenvalue weighted by molar-refractivity contribution is 0.371. The van der Waals surface area contributed by atoms with Crippen molar-refractivity contribution in [1.82, 2.24) is 10.1 Å². The SMILES string of the molecule is CCCc1noc([C@H](C)S(=O)(=O)C/C=C/c2ccccc2)n1. The molecule has 5 nitrogen and oxygen atoms in total. The van der Waals surface area contributed by atoms with Crippen LogP contribution < -0.4 is 0 Å². The zero-order valence-electron chi connectivity index (χ0n) is 12.8. The average Bonchev–Trinajstić information content (AvgIpc) is 2.96. The molecule has 1 atom stereocenters. The van der Waals surface area contributed by atoms with Crippen LogP contribution in [0.1, 0.15) is 42.8 Å². The summed E-state index contributed by atoms with van der Waals surface area (Å²) in [7, 11) is -3.37. The molecule has 0 bridgehead atoms. The maximum Gasteiger partial charge on any atom is 0.244 e. The fourth-order valence-corrected chi connectivity index (χ4v) is 2.99. The van der Waals surface area contributed by atoms with Gasteiger partial charge in [0.2, 0.25) is 5.89 Å². The molecule has 0 aliphatic carbocycles. The van der Waals surface area contributed by atoms with Gasteiger partial charge in [-0.1, -0.05) is 54.6 Å². The third kappa shape index (κ3) is 4.27. The van der Waals surface area contributed by atoms with E-state index in [4.69, 9.17) is 4.52 Å². The normalized spacial score (nSPS) is 13.5. The predicted molar refractivity (Wildman–Crippen MR) is 86.0 cm³/mol. The molecule has 0 saturated heterocycles. The topological polar surface area (TPSA) is 73.1 Å². The summed E-state index contributed by atoms with van der Waals surface area (Å²) in [6.45, 7) is 3.58. The molecule has 0 fully saturated rings. The number of aryl methyl sites for hydroxylation is 1. The van der Waals surface area contributed by atoms with Gasteiger partial charge in [-0.2, -0.15) is 4.98 Å². The van der Waals surface area contributed by atoms with Gasteiger partial charge in [0.1, 0.15) is 5.25 Å². The van der Waals surface area contributed by atoms with Gasteiger partial charge in [-0.05, 0) is 18.9 Å². The minimum atomic E-state index is -3.37. The maximum absolute atomic E-state index is 12.3. The van der Waals surface area contributed by atoms with E-state index in [0.29, 0.717) is 12.2 Å². The van der Waals surface area contributed by atoms with E-state index in [1.54, 1.807) is 19.1 Å². The molecule has 0 amide bonds. The van der Waals surface area contributed by atoms with Crippen molar-refractivity contribution in [2.24, 2.45) is 0 Å². The quantitative estimate of drug-likeness (QED) is 0.783. The van der Waals surface area contributed by atoms with Gasteiger partial charge < -0.3 is 4.52 Å². The van der Waals surface area contributed by atoms with Crippen molar-refractivity contribution < 1.29 is 12.9 Å². The molecule has 0 aliphatic heterocycles. The predicted octanol–water partition coefficient (Wildman–Crippen LogP) is 3.21. The van der Waals surface area contributed by atoms with Crippen LogP contribution in [0.2, 0.25) is 0 Å². The Morgan fingerprint density at radius 3 is 2.68 bits per heavy atom. The molecular weight excluding hydrogens is 300 g/mol. The second-order valence-corrected chi connectivity index (χ2v) is 7.45. The smallest absolute Gasteiger partial charge is 0.244 e. The van der Waals surface area contributed by atoms with Crippen LogP contribution in [0.3, 0.4) is 0 Å². The van der Waals surface area contributed by atoms with E-state index in [2.05, 4.69) is 10.1 Å². The number of hydrogen-bond acceptors (Lipinski definition) is 5. The van der Waals surface area contributed by atoms with Gasteiger partial charge in [0.15, 0.2) is 15.7 Å². The van der Waals surface area contributed by atoms with Crippen LogP contribution in [0.15, 0.2) is 40.9 Å². The molecule has 1 aromatic carbocycles. The zero-order chi connectivity index (χ0) is 16.0. The fourth-order valence-electron chi connectivity index (χ4n) is 1.94. The largest absolute Gasteiger partial charge is 0.338 e. The van der Waals surface area contributed by atoms with Gasteiger partial charge in [-0.3, -0.25) is 0 Å². The Hall–Kier alpha value is -1.95. The van der Waals surface area contributed by atoms with Crippen molar-refractivity contribution in [2.45, 2.75) is 31.9 Å². The first-order chi connectivity index (χ1) is 10.5. The minimum Gasteiger partial charge on any atom is -0.338 e. The summed E-state index contributed by atoms with van der Waals surface area (Å²) < 4.78 is 29.7. The highest BCUT2D eigenvalue weighted by Gasteiger charge is 2.26. The van der Waals surface area contributed by atoms with Gasteiger partial charge >= 0.3 is 0 Å². The first kappa shape index (κ1) is 16.4. The molecule has 2 rings (SSSR count).